The highest BCUT2D eigenvalue weighted by Crippen LogP contribution is 2.26. The molecule has 27 heavy (non-hydrogen) atoms. The second-order valence-corrected chi connectivity index (χ2v) is 6.27. The minimum Gasteiger partial charge on any atom is -0.490 e. The van der Waals surface area contributed by atoms with E-state index in [9.17, 15) is 9.59 Å². The molecule has 7 nitrogen and oxygen atoms in total. The maximum Gasteiger partial charge on any atom is 0.287 e. The van der Waals surface area contributed by atoms with Crippen molar-refractivity contribution in [2.45, 2.75) is 25.8 Å². The Morgan fingerprint density at radius 2 is 1.81 bits per heavy atom. The van der Waals surface area contributed by atoms with Crippen LogP contribution in [0.2, 0.25) is 0 Å². The van der Waals surface area contributed by atoms with Gasteiger partial charge in [0.2, 0.25) is 0 Å². The van der Waals surface area contributed by atoms with Gasteiger partial charge < -0.3 is 24.1 Å². The average molecular weight is 372 g/mol. The SMILES string of the molecule is CCOc1ccccc1OCC(=O)N1CCC(NC(=O)c2ccco2)CC1. The summed E-state index contributed by atoms with van der Waals surface area (Å²) < 4.78 is 16.2. The van der Waals surface area contributed by atoms with Crippen molar-refractivity contribution < 1.29 is 23.5 Å². The quantitative estimate of drug-likeness (QED) is 0.808. The fourth-order valence-electron chi connectivity index (χ4n) is 3.01. The van der Waals surface area contributed by atoms with E-state index in [1.807, 2.05) is 25.1 Å². The number of likely N-dealkylation sites (tertiary alicyclic amines) is 1. The van der Waals surface area contributed by atoms with Crippen molar-refractivity contribution >= 4 is 11.8 Å². The number of carbonyl (C=O) groups excluding carboxylic acids is 2. The van der Waals surface area contributed by atoms with E-state index >= 15 is 0 Å². The number of furan rings is 1. The van der Waals surface area contributed by atoms with Gasteiger partial charge in [-0.05, 0) is 44.0 Å². The molecular formula is C20H24N2O5. The van der Waals surface area contributed by atoms with Gasteiger partial charge in [-0.1, -0.05) is 12.1 Å². The first-order valence-electron chi connectivity index (χ1n) is 9.14. The lowest BCUT2D eigenvalue weighted by Gasteiger charge is -2.32. The van der Waals surface area contributed by atoms with Gasteiger partial charge in [-0.3, -0.25) is 9.59 Å². The van der Waals surface area contributed by atoms with Gasteiger partial charge in [0.1, 0.15) is 0 Å². The summed E-state index contributed by atoms with van der Waals surface area (Å²) in [5, 5.41) is 2.94. The van der Waals surface area contributed by atoms with Crippen LogP contribution in [0, 0.1) is 0 Å². The molecule has 2 heterocycles. The van der Waals surface area contributed by atoms with Gasteiger partial charge in [-0.15, -0.1) is 0 Å². The lowest BCUT2D eigenvalue weighted by atomic mass is 10.0. The first-order chi connectivity index (χ1) is 13.2. The minimum absolute atomic E-state index is 0.0336. The minimum atomic E-state index is -0.222. The molecule has 144 valence electrons. The number of hydrogen-bond donors (Lipinski definition) is 1. The number of benzene rings is 1. The van der Waals surface area contributed by atoms with Crippen LogP contribution in [0.4, 0.5) is 0 Å². The summed E-state index contributed by atoms with van der Waals surface area (Å²) in [6.45, 7) is 3.56. The van der Waals surface area contributed by atoms with Crippen LogP contribution in [-0.2, 0) is 4.79 Å². The zero-order valence-corrected chi connectivity index (χ0v) is 15.3. The van der Waals surface area contributed by atoms with E-state index in [4.69, 9.17) is 13.9 Å². The fraction of sp³-hybridized carbons (Fsp3) is 0.400. The second-order valence-electron chi connectivity index (χ2n) is 6.27. The summed E-state index contributed by atoms with van der Waals surface area (Å²) in [6, 6.07) is 10.7. The number of hydrogen-bond acceptors (Lipinski definition) is 5. The molecule has 0 aliphatic carbocycles. The van der Waals surface area contributed by atoms with Crippen LogP contribution >= 0.6 is 0 Å². The summed E-state index contributed by atoms with van der Waals surface area (Å²) in [5.41, 5.74) is 0. The number of carbonyl (C=O) groups is 2. The maximum absolute atomic E-state index is 12.4. The van der Waals surface area contributed by atoms with Crippen LogP contribution < -0.4 is 14.8 Å². The predicted octanol–water partition coefficient (Wildman–Crippen LogP) is 2.48. The highest BCUT2D eigenvalue weighted by molar-refractivity contribution is 5.91. The molecular weight excluding hydrogens is 348 g/mol. The van der Waals surface area contributed by atoms with Crippen molar-refractivity contribution in [1.29, 1.82) is 0 Å². The van der Waals surface area contributed by atoms with Crippen LogP contribution in [-0.4, -0.2) is 49.1 Å². The summed E-state index contributed by atoms with van der Waals surface area (Å²) in [6.07, 6.45) is 2.88. The number of rotatable bonds is 7. The van der Waals surface area contributed by atoms with Crippen molar-refractivity contribution in [3.8, 4) is 11.5 Å². The molecule has 0 saturated carbocycles. The molecule has 1 saturated heterocycles. The lowest BCUT2D eigenvalue weighted by Crippen LogP contribution is -2.47. The van der Waals surface area contributed by atoms with E-state index < -0.39 is 0 Å². The molecule has 1 aliphatic rings. The first-order valence-corrected chi connectivity index (χ1v) is 9.14. The Hall–Kier alpha value is -2.96. The molecule has 0 radical (unpaired) electrons. The van der Waals surface area contributed by atoms with Crippen molar-refractivity contribution in [3.05, 3.63) is 48.4 Å². The molecule has 3 rings (SSSR count). The lowest BCUT2D eigenvalue weighted by molar-refractivity contribution is -0.134. The molecule has 2 aromatic rings. The fourth-order valence-corrected chi connectivity index (χ4v) is 3.01. The molecule has 1 fully saturated rings. The average Bonchev–Trinajstić information content (AvgIpc) is 3.23. The first kappa shape index (κ1) is 18.8. The number of piperidine rings is 1. The van der Waals surface area contributed by atoms with Gasteiger partial charge in [-0.25, -0.2) is 0 Å². The molecule has 1 aromatic heterocycles. The number of nitrogens with one attached hydrogen (secondary N) is 1. The van der Waals surface area contributed by atoms with Crippen molar-refractivity contribution in [2.75, 3.05) is 26.3 Å². The van der Waals surface area contributed by atoms with Crippen LogP contribution in [0.1, 0.15) is 30.3 Å². The molecule has 0 atom stereocenters. The third-order valence-electron chi connectivity index (χ3n) is 4.43. The Labute approximate surface area is 158 Å². The highest BCUT2D eigenvalue weighted by atomic mass is 16.5. The smallest absolute Gasteiger partial charge is 0.287 e. The number of nitrogens with zero attached hydrogens (tertiary/aromatic N) is 1. The van der Waals surface area contributed by atoms with E-state index in [0.717, 1.165) is 0 Å². The molecule has 0 unspecified atom stereocenters. The van der Waals surface area contributed by atoms with Crippen molar-refractivity contribution in [2.24, 2.45) is 0 Å². The molecule has 0 bridgehead atoms. The van der Waals surface area contributed by atoms with Crippen LogP contribution in [0.5, 0.6) is 11.5 Å². The summed E-state index contributed by atoms with van der Waals surface area (Å²) in [4.78, 5) is 26.2. The third kappa shape index (κ3) is 5.03. The van der Waals surface area contributed by atoms with E-state index in [-0.39, 0.29) is 24.5 Å². The summed E-state index contributed by atoms with van der Waals surface area (Å²) >= 11 is 0. The number of para-hydroxylation sites is 2. The van der Waals surface area contributed by atoms with E-state index in [0.29, 0.717) is 49.8 Å². The monoisotopic (exact) mass is 372 g/mol. The standard InChI is InChI=1S/C20H24N2O5/c1-2-25-16-6-3-4-7-17(16)27-14-19(23)22-11-9-15(10-12-22)21-20(24)18-8-5-13-26-18/h3-8,13,15H,2,9-12,14H2,1H3,(H,21,24). The highest BCUT2D eigenvalue weighted by Gasteiger charge is 2.25. The van der Waals surface area contributed by atoms with Gasteiger partial charge in [-0.2, -0.15) is 0 Å². The molecule has 1 aliphatic heterocycles. The zero-order valence-electron chi connectivity index (χ0n) is 15.3. The van der Waals surface area contributed by atoms with Crippen LogP contribution in [0.25, 0.3) is 0 Å². The molecule has 1 aromatic carbocycles. The van der Waals surface area contributed by atoms with Gasteiger partial charge in [0.15, 0.2) is 23.9 Å². The number of amides is 2. The Morgan fingerprint density at radius 3 is 2.44 bits per heavy atom. The summed E-state index contributed by atoms with van der Waals surface area (Å²) in [5.74, 6) is 1.20. The topological polar surface area (TPSA) is 81.0 Å². The van der Waals surface area contributed by atoms with Gasteiger partial charge >= 0.3 is 0 Å². The molecule has 2 amide bonds. The third-order valence-corrected chi connectivity index (χ3v) is 4.43. The van der Waals surface area contributed by atoms with Crippen LogP contribution in [0.15, 0.2) is 47.1 Å². The van der Waals surface area contributed by atoms with E-state index in [1.54, 1.807) is 23.1 Å². The Bertz CT molecular complexity index is 751. The molecule has 1 N–H and O–H groups in total. The molecule has 7 heteroatoms. The second kappa shape index (κ2) is 9.12. The zero-order chi connectivity index (χ0) is 19.1. The normalized spacial score (nSPS) is 14.6. The Balaban J connectivity index is 1.44. The van der Waals surface area contributed by atoms with Gasteiger partial charge in [0.25, 0.3) is 11.8 Å². The largest absolute Gasteiger partial charge is 0.490 e. The summed E-state index contributed by atoms with van der Waals surface area (Å²) in [7, 11) is 0. The van der Waals surface area contributed by atoms with E-state index in [2.05, 4.69) is 5.32 Å². The van der Waals surface area contributed by atoms with Crippen molar-refractivity contribution in [1.82, 2.24) is 10.2 Å². The van der Waals surface area contributed by atoms with E-state index in [1.165, 1.54) is 6.26 Å². The number of ether oxygens (including phenoxy) is 2. The predicted molar refractivity (Wildman–Crippen MR) is 98.9 cm³/mol. The molecule has 0 spiro atoms. The van der Waals surface area contributed by atoms with Crippen molar-refractivity contribution in [3.63, 3.8) is 0 Å². The van der Waals surface area contributed by atoms with Crippen LogP contribution in [0.3, 0.4) is 0 Å². The Kier molecular flexibility index (Phi) is 6.35. The van der Waals surface area contributed by atoms with Gasteiger partial charge in [0, 0.05) is 19.1 Å². The van der Waals surface area contributed by atoms with Gasteiger partial charge in [0.05, 0.1) is 12.9 Å². The Morgan fingerprint density at radius 1 is 1.11 bits per heavy atom. The maximum atomic E-state index is 12.4.